The average Bonchev–Trinajstić information content (AvgIpc) is 3.10. The maximum Gasteiger partial charge on any atom is 0.271 e. The quantitative estimate of drug-likeness (QED) is 0.938. The van der Waals surface area contributed by atoms with Crippen LogP contribution in [0.4, 0.5) is 0 Å². The number of carbonyl (C=O) groups is 2. The summed E-state index contributed by atoms with van der Waals surface area (Å²) in [6.07, 6.45) is 4.08. The van der Waals surface area contributed by atoms with E-state index in [1.165, 1.54) is 23.1 Å². The van der Waals surface area contributed by atoms with Gasteiger partial charge in [-0.15, -0.1) is 11.3 Å². The third-order valence-corrected chi connectivity index (χ3v) is 4.79. The lowest BCUT2D eigenvalue weighted by molar-refractivity contribution is -0.112. The molecule has 2 aromatic rings. The normalized spacial score (nSPS) is 18.2. The van der Waals surface area contributed by atoms with E-state index in [0.717, 1.165) is 16.3 Å². The first-order valence-corrected chi connectivity index (χ1v) is 7.94. The molecule has 0 saturated carbocycles. The summed E-state index contributed by atoms with van der Waals surface area (Å²) in [4.78, 5) is 31.9. The molecule has 1 atom stereocenters. The fourth-order valence-electron chi connectivity index (χ4n) is 1.86. The van der Waals surface area contributed by atoms with Crippen molar-refractivity contribution in [3.8, 4) is 10.6 Å². The zero-order valence-corrected chi connectivity index (χ0v) is 12.0. The second kappa shape index (κ2) is 5.72. The Morgan fingerprint density at radius 2 is 2.35 bits per heavy atom. The van der Waals surface area contributed by atoms with Crippen molar-refractivity contribution in [2.24, 2.45) is 0 Å². The molecule has 102 valence electrons. The van der Waals surface area contributed by atoms with Crippen LogP contribution in [0.1, 0.15) is 16.9 Å². The highest BCUT2D eigenvalue weighted by Crippen LogP contribution is 2.23. The van der Waals surface area contributed by atoms with Crippen LogP contribution in [0.25, 0.3) is 10.6 Å². The summed E-state index contributed by atoms with van der Waals surface area (Å²) in [6.45, 7) is 0. The molecule has 1 amide bonds. The summed E-state index contributed by atoms with van der Waals surface area (Å²) in [6, 6.07) is 3.34. The molecule has 1 N–H and O–H groups in total. The van der Waals surface area contributed by atoms with E-state index in [2.05, 4.69) is 15.3 Å². The smallest absolute Gasteiger partial charge is 0.271 e. The van der Waals surface area contributed by atoms with Crippen molar-refractivity contribution in [3.05, 3.63) is 35.6 Å². The first kappa shape index (κ1) is 13.3. The van der Waals surface area contributed by atoms with Crippen molar-refractivity contribution in [2.75, 3.05) is 5.75 Å². The van der Waals surface area contributed by atoms with E-state index in [-0.39, 0.29) is 17.1 Å². The molecule has 1 unspecified atom stereocenters. The molecule has 3 rings (SSSR count). The number of hydrogen-bond acceptors (Lipinski definition) is 6. The third kappa shape index (κ3) is 2.73. The summed E-state index contributed by atoms with van der Waals surface area (Å²) in [7, 11) is 0. The predicted molar refractivity (Wildman–Crippen MR) is 78.7 cm³/mol. The van der Waals surface area contributed by atoms with Crippen molar-refractivity contribution in [3.63, 3.8) is 0 Å². The molecular formula is C13H11N3O2S2. The average molecular weight is 305 g/mol. The molecule has 0 spiro atoms. The molecule has 7 heteroatoms. The Morgan fingerprint density at radius 3 is 3.05 bits per heavy atom. The molecular weight excluding hydrogens is 294 g/mol. The molecule has 1 saturated heterocycles. The zero-order valence-electron chi connectivity index (χ0n) is 10.4. The van der Waals surface area contributed by atoms with Crippen molar-refractivity contribution < 1.29 is 9.59 Å². The minimum Gasteiger partial charge on any atom is -0.340 e. The van der Waals surface area contributed by atoms with Gasteiger partial charge in [-0.05, 0) is 18.6 Å². The monoisotopic (exact) mass is 305 g/mol. The van der Waals surface area contributed by atoms with Gasteiger partial charge in [0.1, 0.15) is 10.7 Å². The van der Waals surface area contributed by atoms with Gasteiger partial charge < -0.3 is 5.32 Å². The third-order valence-electron chi connectivity index (χ3n) is 2.89. The molecule has 20 heavy (non-hydrogen) atoms. The number of carbonyl (C=O) groups excluding carboxylic acids is 2. The number of nitrogens with one attached hydrogen (secondary N) is 1. The van der Waals surface area contributed by atoms with E-state index in [9.17, 15) is 9.59 Å². The first-order valence-electron chi connectivity index (χ1n) is 6.07. The maximum absolute atomic E-state index is 12.0. The van der Waals surface area contributed by atoms with Crippen LogP contribution in [0, 0.1) is 0 Å². The number of pyridine rings is 1. The summed E-state index contributed by atoms with van der Waals surface area (Å²) in [5, 5.41) is 5.20. The number of aromatic nitrogens is 2. The molecule has 2 aromatic heterocycles. The molecule has 1 fully saturated rings. The standard InChI is InChI=1S/C13H11N3O2S2/c17-11(15-9-3-5-19-13(9)18)10-7-20-12(16-10)8-2-1-4-14-6-8/h1-2,4,6-7,9H,3,5H2,(H,15,17). The molecule has 1 aliphatic heterocycles. The van der Waals surface area contributed by atoms with Crippen LogP contribution in [0.2, 0.25) is 0 Å². The second-order valence-electron chi connectivity index (χ2n) is 4.26. The fraction of sp³-hybridized carbons (Fsp3) is 0.231. The van der Waals surface area contributed by atoms with Crippen LogP contribution in [0.5, 0.6) is 0 Å². The van der Waals surface area contributed by atoms with Crippen LogP contribution in [0.15, 0.2) is 29.9 Å². The highest BCUT2D eigenvalue weighted by molar-refractivity contribution is 8.14. The van der Waals surface area contributed by atoms with Crippen molar-refractivity contribution in [1.29, 1.82) is 0 Å². The largest absolute Gasteiger partial charge is 0.340 e. The second-order valence-corrected chi connectivity index (χ2v) is 6.22. The lowest BCUT2D eigenvalue weighted by Gasteiger charge is -2.07. The summed E-state index contributed by atoms with van der Waals surface area (Å²) in [5.74, 6) is 0.471. The number of hydrogen-bond donors (Lipinski definition) is 1. The Bertz CT molecular complexity index is 642. The van der Waals surface area contributed by atoms with Gasteiger partial charge in [0, 0.05) is 29.1 Å². The zero-order chi connectivity index (χ0) is 13.9. The van der Waals surface area contributed by atoms with Crippen LogP contribution in [0.3, 0.4) is 0 Å². The Balaban J connectivity index is 1.73. The number of amides is 1. The topological polar surface area (TPSA) is 72.0 Å². The van der Waals surface area contributed by atoms with Crippen LogP contribution in [-0.4, -0.2) is 32.8 Å². The van der Waals surface area contributed by atoms with Gasteiger partial charge >= 0.3 is 0 Å². The van der Waals surface area contributed by atoms with Gasteiger partial charge in [-0.1, -0.05) is 11.8 Å². The Hall–Kier alpha value is -1.73. The number of thiazole rings is 1. The SMILES string of the molecule is O=C(NC1CCSC1=O)c1csc(-c2cccnc2)n1. The number of thioether (sulfide) groups is 1. The van der Waals surface area contributed by atoms with Gasteiger partial charge in [0.15, 0.2) is 0 Å². The maximum atomic E-state index is 12.0. The van der Waals surface area contributed by atoms with E-state index in [0.29, 0.717) is 12.1 Å². The van der Waals surface area contributed by atoms with Crippen molar-refractivity contribution in [2.45, 2.75) is 12.5 Å². The molecule has 0 bridgehead atoms. The minimum atomic E-state index is -0.379. The predicted octanol–water partition coefficient (Wildman–Crippen LogP) is 1.97. The first-order chi connectivity index (χ1) is 9.74. The molecule has 0 radical (unpaired) electrons. The lowest BCUT2D eigenvalue weighted by atomic mass is 10.2. The molecule has 0 aromatic carbocycles. The molecule has 0 aliphatic carbocycles. The van der Waals surface area contributed by atoms with Gasteiger partial charge in [-0.25, -0.2) is 4.98 Å². The Labute approximate surface area is 123 Å². The van der Waals surface area contributed by atoms with E-state index in [4.69, 9.17) is 0 Å². The fourth-order valence-corrected chi connectivity index (χ4v) is 3.58. The Kier molecular flexibility index (Phi) is 3.79. The van der Waals surface area contributed by atoms with Crippen molar-refractivity contribution >= 4 is 34.1 Å². The highest BCUT2D eigenvalue weighted by atomic mass is 32.2. The summed E-state index contributed by atoms with van der Waals surface area (Å²) >= 11 is 2.65. The van der Waals surface area contributed by atoms with Gasteiger partial charge in [-0.3, -0.25) is 14.6 Å². The highest BCUT2D eigenvalue weighted by Gasteiger charge is 2.27. The summed E-state index contributed by atoms with van der Waals surface area (Å²) in [5.41, 5.74) is 1.22. The van der Waals surface area contributed by atoms with E-state index in [1.807, 2.05) is 12.1 Å². The molecule has 1 aliphatic rings. The molecule has 3 heterocycles. The van der Waals surface area contributed by atoms with Gasteiger partial charge in [0.2, 0.25) is 5.12 Å². The number of rotatable bonds is 3. The van der Waals surface area contributed by atoms with Crippen LogP contribution in [-0.2, 0) is 4.79 Å². The Morgan fingerprint density at radius 1 is 1.45 bits per heavy atom. The minimum absolute atomic E-state index is 0.0288. The van der Waals surface area contributed by atoms with Crippen molar-refractivity contribution in [1.82, 2.24) is 15.3 Å². The van der Waals surface area contributed by atoms with Gasteiger partial charge in [0.05, 0.1) is 6.04 Å². The van der Waals surface area contributed by atoms with Crippen LogP contribution < -0.4 is 5.32 Å². The van der Waals surface area contributed by atoms with E-state index >= 15 is 0 Å². The molecule has 5 nitrogen and oxygen atoms in total. The van der Waals surface area contributed by atoms with Crippen LogP contribution >= 0.6 is 23.1 Å². The number of nitrogens with zero attached hydrogens (tertiary/aromatic N) is 2. The summed E-state index contributed by atoms with van der Waals surface area (Å²) < 4.78 is 0. The van der Waals surface area contributed by atoms with E-state index < -0.39 is 0 Å². The van der Waals surface area contributed by atoms with E-state index in [1.54, 1.807) is 17.8 Å². The lowest BCUT2D eigenvalue weighted by Crippen LogP contribution is -2.37. The van der Waals surface area contributed by atoms with Gasteiger partial charge in [0.25, 0.3) is 5.91 Å². The van der Waals surface area contributed by atoms with Gasteiger partial charge in [-0.2, -0.15) is 0 Å².